The molecule has 16 nitrogen and oxygen atoms in total. The van der Waals surface area contributed by atoms with Crippen LogP contribution in [0.15, 0.2) is 35.7 Å². The van der Waals surface area contributed by atoms with Crippen molar-refractivity contribution in [2.45, 2.75) is 102 Å². The monoisotopic (exact) mass is 777 g/mol. The van der Waals surface area contributed by atoms with Crippen LogP contribution in [-0.4, -0.2) is 99.7 Å². The molecule has 6 rings (SSSR count). The van der Waals surface area contributed by atoms with Crippen molar-refractivity contribution in [1.29, 1.82) is 0 Å². The molecule has 17 heteroatoms. The van der Waals surface area contributed by atoms with Crippen LogP contribution in [-0.2, 0) is 28.7 Å². The average Bonchev–Trinajstić information content (AvgIpc) is 3.41. The second-order valence-electron chi connectivity index (χ2n) is 14.8. The van der Waals surface area contributed by atoms with Gasteiger partial charge in [0.25, 0.3) is 0 Å². The van der Waals surface area contributed by atoms with E-state index in [2.05, 4.69) is 20.9 Å². The van der Waals surface area contributed by atoms with E-state index in [1.807, 2.05) is 12.2 Å². The summed E-state index contributed by atoms with van der Waals surface area (Å²) in [6.07, 6.45) is 6.70. The molecule has 1 saturated carbocycles. The Kier molecular flexibility index (Phi) is 11.9. The standard InChI is InChI=1S/C38H47N7O9S/c1-6-52-34(49)38-18-22(38)12-10-8-7-9-11-13-26(43-36(50)54-37(2,3)4)33(48)45-19-24(17-29(45)31(47)44-38)53-32-30(28-20-55-35(42-28)39-21-46)40-25-15-14-23(51-5)16-27(25)41-32/h10,12,14-16,20-22,24,26,29H,6-9,11,13,17-19H2,1-5H3,(H,43,50)(H,44,47)(H,39,42,46)/b12-10-/t22?,24?,26-,29+,38-/m1/s1. The van der Waals surface area contributed by atoms with Gasteiger partial charge < -0.3 is 39.8 Å². The van der Waals surface area contributed by atoms with Crippen molar-refractivity contribution < 1.29 is 42.9 Å². The normalized spacial score (nSPS) is 24.9. The second kappa shape index (κ2) is 16.6. The fraction of sp³-hybridized carbons (Fsp3) is 0.526. The van der Waals surface area contributed by atoms with Crippen LogP contribution in [0.5, 0.6) is 11.6 Å². The Morgan fingerprint density at radius 2 is 1.95 bits per heavy atom. The van der Waals surface area contributed by atoms with Crippen molar-refractivity contribution in [1.82, 2.24) is 30.5 Å². The summed E-state index contributed by atoms with van der Waals surface area (Å²) in [5.74, 6) is -1.19. The van der Waals surface area contributed by atoms with Gasteiger partial charge in [-0.1, -0.05) is 25.0 Å². The van der Waals surface area contributed by atoms with Crippen molar-refractivity contribution in [3.63, 3.8) is 0 Å². The van der Waals surface area contributed by atoms with Crippen LogP contribution >= 0.6 is 11.3 Å². The van der Waals surface area contributed by atoms with Crippen molar-refractivity contribution in [3.8, 4) is 23.0 Å². The maximum atomic E-state index is 14.5. The van der Waals surface area contributed by atoms with Crippen LogP contribution in [0, 0.1) is 5.92 Å². The zero-order valence-electron chi connectivity index (χ0n) is 31.6. The number of hydrogen-bond acceptors (Lipinski definition) is 13. The highest BCUT2D eigenvalue weighted by molar-refractivity contribution is 7.14. The topological polar surface area (TPSA) is 200 Å². The van der Waals surface area contributed by atoms with E-state index in [0.29, 0.717) is 53.3 Å². The van der Waals surface area contributed by atoms with Crippen LogP contribution in [0.1, 0.15) is 72.6 Å². The Morgan fingerprint density at radius 3 is 2.69 bits per heavy atom. The third-order valence-corrected chi connectivity index (χ3v) is 10.4. The predicted octanol–water partition coefficient (Wildman–Crippen LogP) is 4.53. The Balaban J connectivity index is 1.36. The molecular weight excluding hydrogens is 731 g/mol. The number of anilines is 1. The Bertz CT molecular complexity index is 1960. The van der Waals surface area contributed by atoms with Gasteiger partial charge in [-0.15, -0.1) is 11.3 Å². The highest BCUT2D eigenvalue weighted by Gasteiger charge is 2.62. The number of carbonyl (C=O) groups excluding carboxylic acids is 5. The molecule has 4 amide bonds. The lowest BCUT2D eigenvalue weighted by Crippen LogP contribution is -2.56. The van der Waals surface area contributed by atoms with Crippen LogP contribution < -0.4 is 25.4 Å². The van der Waals surface area contributed by atoms with E-state index in [1.54, 1.807) is 51.3 Å². The number of hydrogen-bond donors (Lipinski definition) is 3. The lowest BCUT2D eigenvalue weighted by molar-refractivity contribution is -0.150. The van der Waals surface area contributed by atoms with E-state index < -0.39 is 53.2 Å². The summed E-state index contributed by atoms with van der Waals surface area (Å²) < 4.78 is 22.9. The number of carbonyl (C=O) groups is 5. The van der Waals surface area contributed by atoms with Crippen molar-refractivity contribution >= 4 is 57.8 Å². The fourth-order valence-electron chi connectivity index (χ4n) is 6.89. The molecule has 0 bridgehead atoms. The van der Waals surface area contributed by atoms with Gasteiger partial charge in [-0.3, -0.25) is 14.4 Å². The largest absolute Gasteiger partial charge is 0.497 e. The Morgan fingerprint density at radius 1 is 1.13 bits per heavy atom. The SMILES string of the molecule is CCOC(=O)[C@@]12CC1/C=C\CCCCC[C@@H](NC(=O)OC(C)(C)C)C(=O)N1CC(Oc3nc4cc(OC)ccc4nc3-c3csc(NC=O)n3)C[C@H]1C(=O)N2. The number of rotatable bonds is 9. The van der Waals surface area contributed by atoms with Crippen LogP contribution in [0.25, 0.3) is 22.4 Å². The van der Waals surface area contributed by atoms with Gasteiger partial charge in [0.2, 0.25) is 24.1 Å². The number of benzene rings is 1. The molecule has 2 unspecified atom stereocenters. The summed E-state index contributed by atoms with van der Waals surface area (Å²) in [6, 6.07) is 3.12. The molecule has 2 fully saturated rings. The number of thiazole rings is 1. The number of fused-ring (bicyclic) bond motifs is 3. The first kappa shape index (κ1) is 39.4. The van der Waals surface area contributed by atoms with E-state index in [4.69, 9.17) is 28.9 Å². The maximum Gasteiger partial charge on any atom is 0.408 e. The smallest absolute Gasteiger partial charge is 0.408 e. The fourth-order valence-corrected chi connectivity index (χ4v) is 7.55. The summed E-state index contributed by atoms with van der Waals surface area (Å²) in [4.78, 5) is 81.9. The highest BCUT2D eigenvalue weighted by Crippen LogP contribution is 2.46. The van der Waals surface area contributed by atoms with Crippen LogP contribution in [0.4, 0.5) is 9.93 Å². The van der Waals surface area contributed by atoms with E-state index in [0.717, 1.165) is 19.3 Å². The average molecular weight is 778 g/mol. The number of ether oxygens (including phenoxy) is 4. The number of allylic oxidation sites excluding steroid dienone is 1. The summed E-state index contributed by atoms with van der Waals surface area (Å²) in [7, 11) is 1.54. The Labute approximate surface area is 322 Å². The predicted molar refractivity (Wildman–Crippen MR) is 202 cm³/mol. The molecule has 5 atom stereocenters. The summed E-state index contributed by atoms with van der Waals surface area (Å²) in [5.41, 5.74) is -0.399. The molecule has 55 heavy (non-hydrogen) atoms. The lowest BCUT2D eigenvalue weighted by atomic mass is 10.0. The van der Waals surface area contributed by atoms with Gasteiger partial charge in [0.05, 0.1) is 31.3 Å². The summed E-state index contributed by atoms with van der Waals surface area (Å²) >= 11 is 1.19. The number of nitrogens with zero attached hydrogens (tertiary/aromatic N) is 4. The molecular formula is C38H47N7O9S. The maximum absolute atomic E-state index is 14.5. The summed E-state index contributed by atoms with van der Waals surface area (Å²) in [5, 5.41) is 10.3. The minimum absolute atomic E-state index is 0.0302. The van der Waals surface area contributed by atoms with E-state index in [-0.39, 0.29) is 37.1 Å². The van der Waals surface area contributed by atoms with Gasteiger partial charge in [0.15, 0.2) is 10.8 Å². The minimum atomic E-state index is -1.26. The van der Waals surface area contributed by atoms with E-state index >= 15 is 0 Å². The molecule has 294 valence electrons. The molecule has 0 radical (unpaired) electrons. The van der Waals surface area contributed by atoms with Gasteiger partial charge in [-0.25, -0.2) is 24.5 Å². The van der Waals surface area contributed by atoms with E-state index in [1.165, 1.54) is 23.3 Å². The molecule has 1 aliphatic carbocycles. The van der Waals surface area contributed by atoms with Crippen LogP contribution in [0.3, 0.4) is 0 Å². The van der Waals surface area contributed by atoms with Gasteiger partial charge in [0, 0.05) is 23.8 Å². The molecule has 4 heterocycles. The van der Waals surface area contributed by atoms with Crippen molar-refractivity contribution in [2.75, 3.05) is 25.6 Å². The molecule has 3 N–H and O–H groups in total. The quantitative estimate of drug-likeness (QED) is 0.156. The lowest BCUT2D eigenvalue weighted by Gasteiger charge is -2.30. The van der Waals surface area contributed by atoms with Crippen LogP contribution in [0.2, 0.25) is 0 Å². The number of methoxy groups -OCH3 is 1. The number of nitrogens with one attached hydrogen (secondary N) is 3. The number of esters is 1. The second-order valence-corrected chi connectivity index (χ2v) is 15.6. The first-order chi connectivity index (χ1) is 26.3. The zero-order valence-corrected chi connectivity index (χ0v) is 32.4. The third-order valence-electron chi connectivity index (χ3n) is 9.62. The van der Waals surface area contributed by atoms with Crippen molar-refractivity contribution in [2.24, 2.45) is 5.92 Å². The van der Waals surface area contributed by atoms with Gasteiger partial charge >= 0.3 is 12.1 Å². The number of aromatic nitrogens is 3. The van der Waals surface area contributed by atoms with Gasteiger partial charge in [0.1, 0.15) is 40.8 Å². The highest BCUT2D eigenvalue weighted by atomic mass is 32.1. The van der Waals surface area contributed by atoms with Crippen molar-refractivity contribution in [3.05, 3.63) is 35.7 Å². The molecule has 1 saturated heterocycles. The molecule has 2 aliphatic heterocycles. The molecule has 1 aromatic carbocycles. The van der Waals surface area contributed by atoms with Gasteiger partial charge in [-0.2, -0.15) is 0 Å². The number of amides is 4. The Hall–Kier alpha value is -5.32. The third kappa shape index (κ3) is 9.15. The number of alkyl carbamates (subject to hydrolysis) is 1. The first-order valence-electron chi connectivity index (χ1n) is 18.5. The zero-order chi connectivity index (χ0) is 39.3. The minimum Gasteiger partial charge on any atom is -0.497 e. The molecule has 0 spiro atoms. The molecule has 3 aliphatic rings. The summed E-state index contributed by atoms with van der Waals surface area (Å²) in [6.45, 7) is 7.00. The molecule has 3 aromatic rings. The van der Waals surface area contributed by atoms with Gasteiger partial charge in [-0.05, 0) is 65.5 Å². The van der Waals surface area contributed by atoms with E-state index in [9.17, 15) is 24.0 Å². The first-order valence-corrected chi connectivity index (χ1v) is 19.4. The molecule has 2 aromatic heterocycles.